The zero-order chi connectivity index (χ0) is 18.4. The molecule has 132 valence electrons. The number of carbonyl (C=O) groups is 2. The summed E-state index contributed by atoms with van der Waals surface area (Å²) in [6.45, 7) is 1.57. The van der Waals surface area contributed by atoms with Gasteiger partial charge in [0.05, 0.1) is 6.10 Å². The van der Waals surface area contributed by atoms with Crippen LogP contribution in [0.5, 0.6) is 0 Å². The van der Waals surface area contributed by atoms with E-state index in [-0.39, 0.29) is 12.2 Å². The number of hydrogen-bond donors (Lipinski definition) is 2. The Balaban J connectivity index is 1.93. The maximum absolute atomic E-state index is 13.5. The lowest BCUT2D eigenvalue weighted by atomic mass is 10.1. The van der Waals surface area contributed by atoms with E-state index in [1.165, 1.54) is 37.4 Å². The van der Waals surface area contributed by atoms with E-state index in [1.54, 1.807) is 13.0 Å². The number of methoxy groups -OCH3 is 1. The molecule has 0 heterocycles. The Morgan fingerprint density at radius 3 is 2.52 bits per heavy atom. The van der Waals surface area contributed by atoms with E-state index >= 15 is 0 Å². The van der Waals surface area contributed by atoms with E-state index in [1.807, 2.05) is 0 Å². The molecule has 0 aromatic heterocycles. The predicted octanol–water partition coefficient (Wildman–Crippen LogP) is 2.72. The number of aryl methyl sites for hydroxylation is 1. The minimum Gasteiger partial charge on any atom is -0.375 e. The van der Waals surface area contributed by atoms with Crippen molar-refractivity contribution < 1.29 is 23.1 Å². The smallest absolute Gasteiger partial charge is 0.313 e. The molecule has 1 atom stereocenters. The van der Waals surface area contributed by atoms with Gasteiger partial charge in [0.25, 0.3) is 0 Å². The summed E-state index contributed by atoms with van der Waals surface area (Å²) in [4.78, 5) is 23.7. The average molecular weight is 348 g/mol. The van der Waals surface area contributed by atoms with Crippen molar-refractivity contribution in [3.8, 4) is 0 Å². The number of carbonyl (C=O) groups excluding carboxylic acids is 2. The molecule has 2 N–H and O–H groups in total. The Kier molecular flexibility index (Phi) is 6.19. The van der Waals surface area contributed by atoms with E-state index < -0.39 is 29.6 Å². The van der Waals surface area contributed by atoms with Gasteiger partial charge in [-0.3, -0.25) is 9.59 Å². The Bertz CT molecular complexity index is 781. The van der Waals surface area contributed by atoms with Crippen molar-refractivity contribution in [2.75, 3.05) is 19.0 Å². The highest BCUT2D eigenvalue weighted by Gasteiger charge is 2.18. The van der Waals surface area contributed by atoms with Gasteiger partial charge in [-0.1, -0.05) is 18.2 Å². The molecule has 0 fully saturated rings. The van der Waals surface area contributed by atoms with Crippen molar-refractivity contribution in [1.82, 2.24) is 5.32 Å². The topological polar surface area (TPSA) is 67.4 Å². The highest BCUT2D eigenvalue weighted by molar-refractivity contribution is 6.39. The lowest BCUT2D eigenvalue weighted by molar-refractivity contribution is -0.136. The van der Waals surface area contributed by atoms with Crippen molar-refractivity contribution in [3.05, 3.63) is 65.2 Å². The Hall–Kier alpha value is -2.80. The maximum atomic E-state index is 13.5. The minimum absolute atomic E-state index is 0.0194. The van der Waals surface area contributed by atoms with Crippen LogP contribution in [0, 0.1) is 18.6 Å². The van der Waals surface area contributed by atoms with E-state index in [2.05, 4.69) is 10.6 Å². The Morgan fingerprint density at radius 2 is 1.88 bits per heavy atom. The summed E-state index contributed by atoms with van der Waals surface area (Å²) in [6.07, 6.45) is -0.607. The molecule has 0 saturated carbocycles. The monoisotopic (exact) mass is 348 g/mol. The van der Waals surface area contributed by atoms with Crippen LogP contribution >= 0.6 is 0 Å². The number of rotatable bonds is 5. The highest BCUT2D eigenvalue weighted by Crippen LogP contribution is 2.17. The van der Waals surface area contributed by atoms with Gasteiger partial charge in [-0.15, -0.1) is 0 Å². The van der Waals surface area contributed by atoms with Gasteiger partial charge in [0.1, 0.15) is 11.6 Å². The van der Waals surface area contributed by atoms with Crippen LogP contribution in [0.4, 0.5) is 14.5 Å². The Morgan fingerprint density at radius 1 is 1.12 bits per heavy atom. The van der Waals surface area contributed by atoms with Crippen LogP contribution in [-0.4, -0.2) is 25.5 Å². The van der Waals surface area contributed by atoms with Crippen molar-refractivity contribution in [2.45, 2.75) is 13.0 Å². The molecule has 0 aliphatic heterocycles. The third kappa shape index (κ3) is 5.09. The summed E-state index contributed by atoms with van der Waals surface area (Å²) >= 11 is 0. The summed E-state index contributed by atoms with van der Waals surface area (Å²) in [7, 11) is 1.41. The zero-order valence-electron chi connectivity index (χ0n) is 13.8. The molecular formula is C18H18F2N2O3. The Labute approximate surface area is 144 Å². The average Bonchev–Trinajstić information content (AvgIpc) is 2.58. The molecule has 0 radical (unpaired) electrons. The predicted molar refractivity (Wildman–Crippen MR) is 88.9 cm³/mol. The molecule has 0 saturated heterocycles. The minimum atomic E-state index is -0.933. The summed E-state index contributed by atoms with van der Waals surface area (Å²) in [5.74, 6) is -2.74. The van der Waals surface area contributed by atoms with Gasteiger partial charge >= 0.3 is 11.8 Å². The van der Waals surface area contributed by atoms with Gasteiger partial charge < -0.3 is 15.4 Å². The van der Waals surface area contributed by atoms with Crippen LogP contribution in [-0.2, 0) is 14.3 Å². The molecule has 2 aromatic carbocycles. The van der Waals surface area contributed by atoms with Crippen molar-refractivity contribution in [2.24, 2.45) is 0 Å². The van der Waals surface area contributed by atoms with E-state index in [0.29, 0.717) is 11.1 Å². The van der Waals surface area contributed by atoms with Crippen molar-refractivity contribution >= 4 is 17.5 Å². The first-order valence-electron chi connectivity index (χ1n) is 7.54. The van der Waals surface area contributed by atoms with Crippen LogP contribution in [0.3, 0.4) is 0 Å². The molecule has 5 nitrogen and oxygen atoms in total. The first-order valence-corrected chi connectivity index (χ1v) is 7.54. The maximum Gasteiger partial charge on any atom is 0.313 e. The lowest BCUT2D eigenvalue weighted by Gasteiger charge is -2.16. The van der Waals surface area contributed by atoms with Gasteiger partial charge in [0.2, 0.25) is 0 Å². The van der Waals surface area contributed by atoms with Gasteiger partial charge in [-0.2, -0.15) is 0 Å². The summed E-state index contributed by atoms with van der Waals surface area (Å²) in [5.41, 5.74) is 1.14. The molecule has 0 aliphatic rings. The number of amides is 2. The second-order valence-corrected chi connectivity index (χ2v) is 5.41. The number of halogens is 2. The molecule has 25 heavy (non-hydrogen) atoms. The normalized spacial score (nSPS) is 11.7. The quantitative estimate of drug-likeness (QED) is 0.817. The van der Waals surface area contributed by atoms with Crippen LogP contribution < -0.4 is 10.6 Å². The lowest BCUT2D eigenvalue weighted by Crippen LogP contribution is -2.38. The van der Waals surface area contributed by atoms with Crippen LogP contribution in [0.15, 0.2) is 42.5 Å². The van der Waals surface area contributed by atoms with Gasteiger partial charge in [-0.05, 0) is 42.3 Å². The summed E-state index contributed by atoms with van der Waals surface area (Å²) in [5, 5.41) is 4.71. The number of nitrogens with one attached hydrogen (secondary N) is 2. The second kappa shape index (κ2) is 8.34. The van der Waals surface area contributed by atoms with Crippen molar-refractivity contribution in [3.63, 3.8) is 0 Å². The van der Waals surface area contributed by atoms with Gasteiger partial charge in [0, 0.05) is 19.3 Å². The van der Waals surface area contributed by atoms with Crippen LogP contribution in [0.1, 0.15) is 17.2 Å². The second-order valence-electron chi connectivity index (χ2n) is 5.41. The van der Waals surface area contributed by atoms with E-state index in [0.717, 1.165) is 6.07 Å². The van der Waals surface area contributed by atoms with Crippen LogP contribution in [0.2, 0.25) is 0 Å². The fourth-order valence-corrected chi connectivity index (χ4v) is 2.17. The molecule has 2 amide bonds. The first-order chi connectivity index (χ1) is 11.9. The molecule has 7 heteroatoms. The van der Waals surface area contributed by atoms with E-state index in [9.17, 15) is 18.4 Å². The largest absolute Gasteiger partial charge is 0.375 e. The SMILES string of the molecule is COC(CNC(=O)C(=O)Nc1ccc(C)c(F)c1)c1cccc(F)c1. The highest BCUT2D eigenvalue weighted by atomic mass is 19.1. The first kappa shape index (κ1) is 18.5. The summed E-state index contributed by atoms with van der Waals surface area (Å²) in [6, 6.07) is 9.88. The number of anilines is 1. The molecule has 0 bridgehead atoms. The van der Waals surface area contributed by atoms with Crippen LogP contribution in [0.25, 0.3) is 0 Å². The van der Waals surface area contributed by atoms with Crippen molar-refractivity contribution in [1.29, 1.82) is 0 Å². The molecule has 1 unspecified atom stereocenters. The fraction of sp³-hybridized carbons (Fsp3) is 0.222. The molecular weight excluding hydrogens is 330 g/mol. The number of benzene rings is 2. The van der Waals surface area contributed by atoms with Gasteiger partial charge in [-0.25, -0.2) is 8.78 Å². The summed E-state index contributed by atoms with van der Waals surface area (Å²) < 4.78 is 31.9. The molecule has 0 spiro atoms. The van der Waals surface area contributed by atoms with Gasteiger partial charge in [0.15, 0.2) is 0 Å². The molecule has 2 rings (SSSR count). The number of hydrogen-bond acceptors (Lipinski definition) is 3. The molecule has 0 aliphatic carbocycles. The van der Waals surface area contributed by atoms with E-state index in [4.69, 9.17) is 4.74 Å². The molecule has 2 aromatic rings. The zero-order valence-corrected chi connectivity index (χ0v) is 13.8. The number of ether oxygens (including phenoxy) is 1. The fourth-order valence-electron chi connectivity index (χ4n) is 2.17. The third-order valence-corrected chi connectivity index (χ3v) is 3.59. The third-order valence-electron chi connectivity index (χ3n) is 3.59. The standard InChI is InChI=1S/C18H18F2N2O3/c1-11-6-7-14(9-15(11)20)22-18(24)17(23)21-10-16(25-2)12-4-3-5-13(19)8-12/h3-9,16H,10H2,1-2H3,(H,21,23)(H,22,24).